The Balaban J connectivity index is 1.02. The molecule has 0 N–H and O–H groups in total. The summed E-state index contributed by atoms with van der Waals surface area (Å²) < 4.78 is 5.06. The lowest BCUT2D eigenvalue weighted by Gasteiger charge is -2.14. The number of aromatic nitrogens is 2. The highest BCUT2D eigenvalue weighted by atomic mass is 15.0. The summed E-state index contributed by atoms with van der Waals surface area (Å²) in [5.74, 6) is 0. The van der Waals surface area contributed by atoms with Crippen LogP contribution in [0.5, 0.6) is 0 Å². The SMILES string of the molecule is c1cc2c([n+](CCCCc3ccc(CCCC[n+]4cccc5c4CCCC5)cc3)c1)CCCC2. The molecule has 0 unspecified atom stereocenters. The molecule has 0 spiro atoms. The fourth-order valence-corrected chi connectivity index (χ4v) is 6.06. The maximum atomic E-state index is 2.53. The molecule has 2 aliphatic rings. The van der Waals surface area contributed by atoms with Crippen molar-refractivity contribution >= 4 is 0 Å². The second kappa shape index (κ2) is 11.8. The number of hydrogen-bond acceptors (Lipinski definition) is 0. The molecule has 34 heavy (non-hydrogen) atoms. The number of benzene rings is 1. The Labute approximate surface area is 206 Å². The van der Waals surface area contributed by atoms with E-state index >= 15 is 0 Å². The molecule has 178 valence electrons. The van der Waals surface area contributed by atoms with E-state index in [9.17, 15) is 0 Å². The molecule has 2 heteroatoms. The van der Waals surface area contributed by atoms with Crippen molar-refractivity contribution in [1.29, 1.82) is 0 Å². The maximum Gasteiger partial charge on any atom is 0.184 e. The van der Waals surface area contributed by atoms with Gasteiger partial charge in [0.1, 0.15) is 13.1 Å². The molecule has 0 saturated carbocycles. The molecule has 5 rings (SSSR count). The zero-order valence-electron chi connectivity index (χ0n) is 21.0. The largest absolute Gasteiger partial charge is 0.202 e. The molecule has 2 nitrogen and oxygen atoms in total. The lowest BCUT2D eigenvalue weighted by molar-refractivity contribution is -0.705. The third-order valence-corrected chi connectivity index (χ3v) is 8.03. The van der Waals surface area contributed by atoms with Crippen LogP contribution in [-0.4, -0.2) is 0 Å². The third-order valence-electron chi connectivity index (χ3n) is 8.03. The van der Waals surface area contributed by atoms with Crippen molar-refractivity contribution in [2.24, 2.45) is 0 Å². The Morgan fingerprint density at radius 3 is 1.41 bits per heavy atom. The van der Waals surface area contributed by atoms with Crippen LogP contribution in [0.1, 0.15) is 85.0 Å². The molecule has 0 saturated heterocycles. The van der Waals surface area contributed by atoms with E-state index in [1.165, 1.54) is 114 Å². The molecule has 0 radical (unpaired) electrons. The van der Waals surface area contributed by atoms with Gasteiger partial charge in [-0.25, -0.2) is 9.13 Å². The Hall–Kier alpha value is -2.48. The van der Waals surface area contributed by atoms with E-state index in [4.69, 9.17) is 0 Å². The molecule has 0 bridgehead atoms. The summed E-state index contributed by atoms with van der Waals surface area (Å²) in [7, 11) is 0. The third kappa shape index (κ3) is 5.95. The molecule has 2 heterocycles. The van der Waals surface area contributed by atoms with E-state index in [0.29, 0.717) is 0 Å². The van der Waals surface area contributed by atoms with Gasteiger partial charge in [-0.15, -0.1) is 0 Å². The number of hydrogen-bond donors (Lipinski definition) is 0. The number of rotatable bonds is 10. The van der Waals surface area contributed by atoms with E-state index in [1.54, 1.807) is 22.5 Å². The van der Waals surface area contributed by atoms with Crippen LogP contribution >= 0.6 is 0 Å². The van der Waals surface area contributed by atoms with Crippen molar-refractivity contribution < 1.29 is 9.13 Å². The zero-order valence-corrected chi connectivity index (χ0v) is 21.0. The maximum absolute atomic E-state index is 2.53. The minimum absolute atomic E-state index is 1.17. The van der Waals surface area contributed by atoms with Crippen LogP contribution in [0.3, 0.4) is 0 Å². The highest BCUT2D eigenvalue weighted by Crippen LogP contribution is 2.19. The summed E-state index contributed by atoms with van der Waals surface area (Å²) in [6.07, 6.45) is 22.6. The molecule has 2 aliphatic carbocycles. The Kier molecular flexibility index (Phi) is 8.06. The number of pyridine rings is 2. The minimum Gasteiger partial charge on any atom is -0.202 e. The van der Waals surface area contributed by atoms with Crippen LogP contribution in [0.4, 0.5) is 0 Å². The topological polar surface area (TPSA) is 7.76 Å². The van der Waals surface area contributed by atoms with Gasteiger partial charge in [-0.2, -0.15) is 0 Å². The summed E-state index contributed by atoms with van der Waals surface area (Å²) in [5, 5.41) is 0. The van der Waals surface area contributed by atoms with Crippen LogP contribution in [0.15, 0.2) is 60.9 Å². The van der Waals surface area contributed by atoms with Gasteiger partial charge < -0.3 is 0 Å². The second-order valence-electron chi connectivity index (χ2n) is 10.5. The van der Waals surface area contributed by atoms with Crippen LogP contribution < -0.4 is 9.13 Å². The van der Waals surface area contributed by atoms with Crippen molar-refractivity contribution in [1.82, 2.24) is 0 Å². The van der Waals surface area contributed by atoms with Crippen LogP contribution in [0, 0.1) is 0 Å². The van der Waals surface area contributed by atoms with Crippen molar-refractivity contribution in [3.63, 3.8) is 0 Å². The lowest BCUT2D eigenvalue weighted by atomic mass is 9.95. The van der Waals surface area contributed by atoms with Gasteiger partial charge in [-0.3, -0.25) is 0 Å². The van der Waals surface area contributed by atoms with Crippen LogP contribution in [0.2, 0.25) is 0 Å². The second-order valence-corrected chi connectivity index (χ2v) is 10.5. The number of fused-ring (bicyclic) bond motifs is 2. The summed E-state index contributed by atoms with van der Waals surface area (Å²) in [5.41, 5.74) is 9.37. The first-order valence-electron chi connectivity index (χ1n) is 13.9. The van der Waals surface area contributed by atoms with Gasteiger partial charge in [0, 0.05) is 48.9 Å². The number of nitrogens with zero attached hydrogens (tertiary/aromatic N) is 2. The van der Waals surface area contributed by atoms with Crippen molar-refractivity contribution in [2.45, 2.75) is 103 Å². The monoisotopic (exact) mass is 454 g/mol. The molecular formula is C32H42N2+2. The zero-order chi connectivity index (χ0) is 23.0. The predicted molar refractivity (Wildman–Crippen MR) is 139 cm³/mol. The average Bonchev–Trinajstić information content (AvgIpc) is 2.90. The van der Waals surface area contributed by atoms with Gasteiger partial charge in [0.2, 0.25) is 0 Å². The van der Waals surface area contributed by atoms with E-state index in [0.717, 1.165) is 0 Å². The van der Waals surface area contributed by atoms with Gasteiger partial charge in [0.05, 0.1) is 0 Å². The van der Waals surface area contributed by atoms with Crippen molar-refractivity contribution in [2.75, 3.05) is 0 Å². The number of aryl methyl sites for hydroxylation is 6. The Morgan fingerprint density at radius 2 is 0.941 bits per heavy atom. The normalized spacial score (nSPS) is 15.1. The van der Waals surface area contributed by atoms with E-state index < -0.39 is 0 Å². The summed E-state index contributed by atoms with van der Waals surface area (Å²) >= 11 is 0. The molecule has 0 aliphatic heterocycles. The quantitative estimate of drug-likeness (QED) is 0.260. The fraction of sp³-hybridized carbons (Fsp3) is 0.500. The lowest BCUT2D eigenvalue weighted by Crippen LogP contribution is -2.40. The summed E-state index contributed by atoms with van der Waals surface area (Å²) in [6, 6.07) is 18.6. The van der Waals surface area contributed by atoms with Gasteiger partial charge in [-0.1, -0.05) is 24.3 Å². The standard InChI is InChI=1S/C32H42N2/c1-3-17-31-29(13-1)15-9-25-33(31)23-7-5-11-27-19-21-28(22-20-27)12-6-8-24-34-26-10-16-30-14-2-4-18-32(30)34/h9-10,15-16,19-22,25-26H,1-8,11-14,17-18,23-24H2/q+2. The first kappa shape index (κ1) is 23.3. The summed E-state index contributed by atoms with van der Waals surface area (Å²) in [6.45, 7) is 2.34. The van der Waals surface area contributed by atoms with E-state index in [-0.39, 0.29) is 0 Å². The fourth-order valence-electron chi connectivity index (χ4n) is 6.06. The van der Waals surface area contributed by atoms with Gasteiger partial charge in [0.25, 0.3) is 0 Å². The van der Waals surface area contributed by atoms with Crippen LogP contribution in [0.25, 0.3) is 0 Å². The smallest absolute Gasteiger partial charge is 0.184 e. The van der Waals surface area contributed by atoms with Gasteiger partial charge in [0.15, 0.2) is 23.8 Å². The molecule has 0 amide bonds. The molecule has 2 aromatic heterocycles. The highest BCUT2D eigenvalue weighted by molar-refractivity contribution is 5.23. The Bertz CT molecular complexity index is 980. The average molecular weight is 455 g/mol. The predicted octanol–water partition coefficient (Wildman–Crippen LogP) is 6.07. The van der Waals surface area contributed by atoms with E-state index in [2.05, 4.69) is 70.1 Å². The highest BCUT2D eigenvalue weighted by Gasteiger charge is 2.20. The van der Waals surface area contributed by atoms with Crippen molar-refractivity contribution in [3.05, 3.63) is 94.6 Å². The van der Waals surface area contributed by atoms with Crippen LogP contribution in [-0.2, 0) is 51.6 Å². The molecule has 1 aromatic carbocycles. The Morgan fingerprint density at radius 1 is 0.500 bits per heavy atom. The minimum atomic E-state index is 1.17. The first-order valence-corrected chi connectivity index (χ1v) is 13.9. The van der Waals surface area contributed by atoms with Gasteiger partial charge >= 0.3 is 0 Å². The number of unbranched alkanes of at least 4 members (excludes halogenated alkanes) is 2. The first-order chi connectivity index (χ1) is 16.9. The molecule has 0 fully saturated rings. The summed E-state index contributed by atoms with van der Waals surface area (Å²) in [4.78, 5) is 0. The molecule has 0 atom stereocenters. The van der Waals surface area contributed by atoms with Crippen molar-refractivity contribution in [3.8, 4) is 0 Å². The van der Waals surface area contributed by atoms with Gasteiger partial charge in [-0.05, 0) is 87.5 Å². The molecular weight excluding hydrogens is 412 g/mol. The molecule has 3 aromatic rings. The van der Waals surface area contributed by atoms with E-state index in [1.807, 2.05) is 0 Å².